The van der Waals surface area contributed by atoms with Gasteiger partial charge < -0.3 is 9.84 Å². The van der Waals surface area contributed by atoms with Crippen LogP contribution in [-0.2, 0) is 4.74 Å². The number of benzene rings is 1. The van der Waals surface area contributed by atoms with E-state index < -0.39 is 0 Å². The number of unbranched alkanes of at least 4 members (excludes halogenated alkanes) is 3. The monoisotopic (exact) mass is 523 g/mol. The molecule has 5 rings (SSSR count). The largest absolute Gasteiger partial charge is 0.508 e. The number of ether oxygens (including phenoxy) is 1. The van der Waals surface area contributed by atoms with Crippen LogP contribution in [0.25, 0.3) is 0 Å². The Labute approximate surface area is 231 Å². The number of rotatable bonds is 8. The number of anilines is 1. The molecule has 4 fully saturated rings. The maximum atomic E-state index is 12.6. The van der Waals surface area contributed by atoms with Gasteiger partial charge in [-0.25, -0.2) is 4.79 Å². The first kappa shape index (κ1) is 27.8. The zero-order chi connectivity index (χ0) is 26.9. The van der Waals surface area contributed by atoms with Crippen LogP contribution >= 0.6 is 0 Å². The van der Waals surface area contributed by atoms with E-state index in [1.807, 2.05) is 0 Å². The number of fused-ring (bicyclic) bond motifs is 5. The fourth-order valence-electron chi connectivity index (χ4n) is 10.2. The van der Waals surface area contributed by atoms with Gasteiger partial charge in [0.05, 0.1) is 0 Å². The molecule has 0 bridgehead atoms. The highest BCUT2D eigenvalue weighted by Gasteiger charge is 2.60. The molecular formula is C34H53NO3. The molecular weight excluding hydrogens is 470 g/mol. The highest BCUT2D eigenvalue weighted by atomic mass is 16.6. The second-order valence-electron chi connectivity index (χ2n) is 14.2. The Hall–Kier alpha value is -1.71. The minimum atomic E-state index is -0.368. The van der Waals surface area contributed by atoms with Crippen molar-refractivity contribution in [1.29, 1.82) is 0 Å². The van der Waals surface area contributed by atoms with Crippen molar-refractivity contribution < 1.29 is 14.6 Å². The first-order valence-corrected chi connectivity index (χ1v) is 16.0. The molecule has 0 aromatic heterocycles. The van der Waals surface area contributed by atoms with Gasteiger partial charge in [0.1, 0.15) is 11.9 Å². The Bertz CT molecular complexity index is 946. The molecule has 38 heavy (non-hydrogen) atoms. The van der Waals surface area contributed by atoms with E-state index in [1.54, 1.807) is 24.3 Å². The summed E-state index contributed by atoms with van der Waals surface area (Å²) in [5.74, 6) is 5.35. The van der Waals surface area contributed by atoms with Crippen LogP contribution in [0, 0.1) is 46.3 Å². The molecule has 4 aliphatic rings. The average Bonchev–Trinajstić information content (AvgIpc) is 3.25. The molecule has 1 amide bonds. The predicted molar refractivity (Wildman–Crippen MR) is 155 cm³/mol. The fourth-order valence-corrected chi connectivity index (χ4v) is 10.2. The quantitative estimate of drug-likeness (QED) is 0.263. The summed E-state index contributed by atoms with van der Waals surface area (Å²) < 4.78 is 5.92. The number of phenols is 1. The minimum absolute atomic E-state index is 0.0139. The van der Waals surface area contributed by atoms with Crippen LogP contribution < -0.4 is 5.32 Å². The molecule has 1 aromatic carbocycles. The number of phenolic OH excluding ortho intramolecular Hbond substituents is 1. The number of hydrogen-bond donors (Lipinski definition) is 2. The lowest BCUT2D eigenvalue weighted by atomic mass is 9.44. The van der Waals surface area contributed by atoms with Crippen LogP contribution in [0.2, 0.25) is 0 Å². The van der Waals surface area contributed by atoms with Gasteiger partial charge in [-0.05, 0) is 128 Å². The van der Waals surface area contributed by atoms with Gasteiger partial charge in [-0.2, -0.15) is 0 Å². The third-order valence-electron chi connectivity index (χ3n) is 12.3. The van der Waals surface area contributed by atoms with E-state index >= 15 is 0 Å². The normalized spacial score (nSPS) is 38.9. The Morgan fingerprint density at radius 3 is 2.47 bits per heavy atom. The standard InChI is InChI=1S/C34H53NO3/c1-5-6-7-8-9-23(2)29-16-17-30-28-15-10-24-22-27(38-32(37)35-25-11-13-26(36)14-12-25)18-20-33(24,3)31(28)19-21-34(29,30)4/h11-14,23-24,27-31,36H,5-10,15-22H2,1-4H3,(H,35,37). The van der Waals surface area contributed by atoms with Gasteiger partial charge in [-0.1, -0.05) is 59.8 Å². The van der Waals surface area contributed by atoms with Crippen molar-refractivity contribution in [2.24, 2.45) is 46.3 Å². The SMILES string of the molecule is CCCCCCC(C)C1CCC2C3CCC4CC(OC(=O)Nc5ccc(O)cc5)CCC4(C)C3CCC12C. The van der Waals surface area contributed by atoms with E-state index in [9.17, 15) is 9.90 Å². The Morgan fingerprint density at radius 2 is 1.71 bits per heavy atom. The van der Waals surface area contributed by atoms with Crippen molar-refractivity contribution in [3.05, 3.63) is 24.3 Å². The number of nitrogens with one attached hydrogen (secondary N) is 1. The van der Waals surface area contributed by atoms with Crippen molar-refractivity contribution in [2.75, 3.05) is 5.32 Å². The second-order valence-corrected chi connectivity index (χ2v) is 14.2. The van der Waals surface area contributed by atoms with E-state index in [0.29, 0.717) is 22.4 Å². The molecule has 0 saturated heterocycles. The zero-order valence-electron chi connectivity index (χ0n) is 24.5. The average molecular weight is 524 g/mol. The molecule has 0 aliphatic heterocycles. The Balaban J connectivity index is 1.18. The van der Waals surface area contributed by atoms with Crippen molar-refractivity contribution in [3.8, 4) is 5.75 Å². The highest BCUT2D eigenvalue weighted by Crippen LogP contribution is 2.68. The van der Waals surface area contributed by atoms with Gasteiger partial charge >= 0.3 is 6.09 Å². The van der Waals surface area contributed by atoms with Crippen LogP contribution in [0.3, 0.4) is 0 Å². The highest BCUT2D eigenvalue weighted by molar-refractivity contribution is 5.84. The zero-order valence-corrected chi connectivity index (χ0v) is 24.5. The lowest BCUT2D eigenvalue weighted by Gasteiger charge is -2.61. The molecule has 4 nitrogen and oxygen atoms in total. The molecule has 4 heteroatoms. The number of amides is 1. The number of carbonyl (C=O) groups is 1. The van der Waals surface area contributed by atoms with Crippen molar-refractivity contribution >= 4 is 11.8 Å². The summed E-state index contributed by atoms with van der Waals surface area (Å²) in [6.45, 7) is 10.2. The lowest BCUT2D eigenvalue weighted by Crippen LogP contribution is -2.54. The first-order chi connectivity index (χ1) is 18.2. The first-order valence-electron chi connectivity index (χ1n) is 16.0. The van der Waals surface area contributed by atoms with Gasteiger partial charge in [0.2, 0.25) is 0 Å². The van der Waals surface area contributed by atoms with Crippen LogP contribution in [0.4, 0.5) is 10.5 Å². The number of carbonyl (C=O) groups excluding carboxylic acids is 1. The number of hydrogen-bond acceptors (Lipinski definition) is 3. The number of aromatic hydroxyl groups is 1. The lowest BCUT2D eigenvalue weighted by molar-refractivity contribution is -0.129. The smallest absolute Gasteiger partial charge is 0.411 e. The van der Waals surface area contributed by atoms with Crippen molar-refractivity contribution in [2.45, 2.75) is 124 Å². The van der Waals surface area contributed by atoms with E-state index in [1.165, 1.54) is 77.0 Å². The summed E-state index contributed by atoms with van der Waals surface area (Å²) in [7, 11) is 0. The molecule has 9 atom stereocenters. The van der Waals surface area contributed by atoms with Gasteiger partial charge in [-0.15, -0.1) is 0 Å². The topological polar surface area (TPSA) is 58.6 Å². The van der Waals surface area contributed by atoms with Crippen LogP contribution in [0.15, 0.2) is 24.3 Å². The van der Waals surface area contributed by atoms with Gasteiger partial charge in [0, 0.05) is 5.69 Å². The molecule has 0 heterocycles. The third kappa shape index (κ3) is 5.35. The van der Waals surface area contributed by atoms with Crippen LogP contribution in [0.1, 0.15) is 118 Å². The molecule has 1 aromatic rings. The van der Waals surface area contributed by atoms with Gasteiger partial charge in [0.15, 0.2) is 0 Å². The predicted octanol–water partition coefficient (Wildman–Crippen LogP) is 9.57. The Morgan fingerprint density at radius 1 is 0.974 bits per heavy atom. The molecule has 0 radical (unpaired) electrons. The summed E-state index contributed by atoms with van der Waals surface area (Å²) in [6, 6.07) is 6.56. The fraction of sp³-hybridized carbons (Fsp3) is 0.794. The summed E-state index contributed by atoms with van der Waals surface area (Å²) in [4.78, 5) is 12.6. The van der Waals surface area contributed by atoms with E-state index in [2.05, 4.69) is 33.0 Å². The van der Waals surface area contributed by atoms with Gasteiger partial charge in [0.25, 0.3) is 0 Å². The summed E-state index contributed by atoms with van der Waals surface area (Å²) in [6.07, 6.45) is 18.3. The molecule has 9 unspecified atom stereocenters. The summed E-state index contributed by atoms with van der Waals surface area (Å²) >= 11 is 0. The molecule has 2 N–H and O–H groups in total. The maximum Gasteiger partial charge on any atom is 0.411 e. The summed E-state index contributed by atoms with van der Waals surface area (Å²) in [5, 5.41) is 12.3. The van der Waals surface area contributed by atoms with E-state index in [4.69, 9.17) is 4.74 Å². The van der Waals surface area contributed by atoms with Crippen molar-refractivity contribution in [3.63, 3.8) is 0 Å². The van der Waals surface area contributed by atoms with E-state index in [-0.39, 0.29) is 17.9 Å². The molecule has 212 valence electrons. The summed E-state index contributed by atoms with van der Waals surface area (Å²) in [5.41, 5.74) is 1.62. The molecule has 4 aliphatic carbocycles. The van der Waals surface area contributed by atoms with Gasteiger partial charge in [-0.3, -0.25) is 5.32 Å². The second kappa shape index (κ2) is 11.4. The maximum absolute atomic E-state index is 12.6. The van der Waals surface area contributed by atoms with Crippen molar-refractivity contribution in [1.82, 2.24) is 0 Å². The molecule has 0 spiro atoms. The van der Waals surface area contributed by atoms with Crippen LogP contribution in [0.5, 0.6) is 5.75 Å². The minimum Gasteiger partial charge on any atom is -0.508 e. The third-order valence-corrected chi connectivity index (χ3v) is 12.3. The van der Waals surface area contributed by atoms with Crippen LogP contribution in [-0.4, -0.2) is 17.3 Å². The Kier molecular flexibility index (Phi) is 8.36. The molecule has 4 saturated carbocycles. The van der Waals surface area contributed by atoms with E-state index in [0.717, 1.165) is 42.4 Å².